The van der Waals surface area contributed by atoms with Gasteiger partial charge in [0.2, 0.25) is 10.0 Å². The maximum atomic E-state index is 12.6. The summed E-state index contributed by atoms with van der Waals surface area (Å²) in [6.07, 6.45) is 1.73. The second-order valence-corrected chi connectivity index (χ2v) is 9.01. The second-order valence-electron chi connectivity index (χ2n) is 6.80. The molecule has 1 heterocycles. The maximum absolute atomic E-state index is 12.6. The van der Waals surface area contributed by atoms with E-state index >= 15 is 0 Å². The Morgan fingerprint density at radius 3 is 2.64 bits per heavy atom. The first-order valence-corrected chi connectivity index (χ1v) is 10.9. The monoisotopic (exact) mass is 422 g/mol. The highest BCUT2D eigenvalue weighted by molar-refractivity contribution is 7.89. The molecule has 1 aliphatic heterocycles. The lowest BCUT2D eigenvalue weighted by atomic mass is 10.1. The van der Waals surface area contributed by atoms with Crippen LogP contribution in [0.25, 0.3) is 0 Å². The minimum absolute atomic E-state index is 0.0734. The quantitative estimate of drug-likeness (QED) is 0.744. The molecule has 2 aromatic carbocycles. The fraction of sp³-hybridized carbons (Fsp3) is 0.350. The normalized spacial score (nSPS) is 16.9. The van der Waals surface area contributed by atoms with Crippen molar-refractivity contribution in [2.75, 3.05) is 20.2 Å². The van der Waals surface area contributed by atoms with E-state index in [4.69, 9.17) is 16.3 Å². The van der Waals surface area contributed by atoms with Crippen LogP contribution in [0, 0.1) is 0 Å². The van der Waals surface area contributed by atoms with E-state index in [2.05, 4.69) is 4.72 Å². The van der Waals surface area contributed by atoms with Crippen molar-refractivity contribution < 1.29 is 17.9 Å². The summed E-state index contributed by atoms with van der Waals surface area (Å²) in [4.78, 5) is 14.3. The van der Waals surface area contributed by atoms with Gasteiger partial charge in [-0.1, -0.05) is 23.7 Å². The average Bonchev–Trinajstić information content (AvgIpc) is 3.20. The largest absolute Gasteiger partial charge is 0.377 e. The van der Waals surface area contributed by atoms with Gasteiger partial charge in [-0.15, -0.1) is 0 Å². The number of rotatable bonds is 7. The summed E-state index contributed by atoms with van der Waals surface area (Å²) in [5, 5.41) is 0.614. The van der Waals surface area contributed by atoms with Crippen molar-refractivity contribution in [1.29, 1.82) is 0 Å². The second kappa shape index (κ2) is 9.05. The smallest absolute Gasteiger partial charge is 0.253 e. The molecule has 6 nitrogen and oxygen atoms in total. The predicted molar refractivity (Wildman–Crippen MR) is 108 cm³/mol. The Morgan fingerprint density at radius 1 is 1.25 bits per heavy atom. The van der Waals surface area contributed by atoms with Crippen LogP contribution in [0.4, 0.5) is 0 Å². The maximum Gasteiger partial charge on any atom is 0.253 e. The first kappa shape index (κ1) is 20.8. The molecule has 0 saturated carbocycles. The number of benzene rings is 2. The Morgan fingerprint density at radius 2 is 2.00 bits per heavy atom. The van der Waals surface area contributed by atoms with E-state index in [9.17, 15) is 13.2 Å². The Balaban J connectivity index is 1.63. The van der Waals surface area contributed by atoms with Crippen molar-refractivity contribution >= 4 is 27.5 Å². The molecule has 3 rings (SSSR count). The van der Waals surface area contributed by atoms with Crippen LogP contribution in [-0.2, 0) is 21.3 Å². The minimum Gasteiger partial charge on any atom is -0.377 e. The molecule has 0 aliphatic carbocycles. The molecule has 1 saturated heterocycles. The number of ether oxygens (including phenoxy) is 1. The third kappa shape index (κ3) is 5.32. The Labute approximate surface area is 170 Å². The molecule has 1 unspecified atom stereocenters. The summed E-state index contributed by atoms with van der Waals surface area (Å²) in [6.45, 7) is 1.33. The number of hydrogen-bond donors (Lipinski definition) is 1. The number of carbonyl (C=O) groups is 1. The number of halogens is 1. The van der Waals surface area contributed by atoms with Gasteiger partial charge in [0.15, 0.2) is 0 Å². The van der Waals surface area contributed by atoms with E-state index in [1.807, 2.05) is 12.1 Å². The summed E-state index contributed by atoms with van der Waals surface area (Å²) in [5.41, 5.74) is 1.34. The van der Waals surface area contributed by atoms with Crippen molar-refractivity contribution in [2.24, 2.45) is 0 Å². The molecular formula is C20H23ClN2O4S. The molecule has 0 spiro atoms. The van der Waals surface area contributed by atoms with Crippen LogP contribution in [0.3, 0.4) is 0 Å². The number of sulfonamides is 1. The van der Waals surface area contributed by atoms with Gasteiger partial charge in [0.1, 0.15) is 0 Å². The van der Waals surface area contributed by atoms with E-state index in [1.54, 1.807) is 24.1 Å². The van der Waals surface area contributed by atoms with Crippen LogP contribution in [0.1, 0.15) is 28.8 Å². The van der Waals surface area contributed by atoms with E-state index in [1.165, 1.54) is 24.3 Å². The highest BCUT2D eigenvalue weighted by atomic mass is 35.5. The first-order chi connectivity index (χ1) is 13.3. The fourth-order valence-electron chi connectivity index (χ4n) is 3.07. The summed E-state index contributed by atoms with van der Waals surface area (Å²) >= 11 is 5.98. The molecule has 0 bridgehead atoms. The highest BCUT2D eigenvalue weighted by Gasteiger charge is 2.21. The molecule has 150 valence electrons. The van der Waals surface area contributed by atoms with Crippen LogP contribution < -0.4 is 4.72 Å². The van der Waals surface area contributed by atoms with Gasteiger partial charge < -0.3 is 9.64 Å². The van der Waals surface area contributed by atoms with Gasteiger partial charge in [-0.3, -0.25) is 4.79 Å². The van der Waals surface area contributed by atoms with E-state index in [-0.39, 0.29) is 23.5 Å². The van der Waals surface area contributed by atoms with Gasteiger partial charge in [-0.2, -0.15) is 0 Å². The van der Waals surface area contributed by atoms with Gasteiger partial charge >= 0.3 is 0 Å². The summed E-state index contributed by atoms with van der Waals surface area (Å²) in [6, 6.07) is 13.2. The number of hydrogen-bond acceptors (Lipinski definition) is 4. The average molecular weight is 423 g/mol. The van der Waals surface area contributed by atoms with Crippen molar-refractivity contribution in [3.8, 4) is 0 Å². The molecular weight excluding hydrogens is 400 g/mol. The van der Waals surface area contributed by atoms with Crippen LogP contribution in [0.2, 0.25) is 5.02 Å². The molecule has 0 aromatic heterocycles. The Hall–Kier alpha value is -1.93. The fourth-order valence-corrected chi connectivity index (χ4v) is 4.35. The van der Waals surface area contributed by atoms with Gasteiger partial charge in [0.05, 0.1) is 11.0 Å². The highest BCUT2D eigenvalue weighted by Crippen LogP contribution is 2.16. The SMILES string of the molecule is CN(Cc1cccc(Cl)c1)C(=O)c1ccc(S(=O)(=O)NCC2CCCO2)cc1. The van der Waals surface area contributed by atoms with Gasteiger partial charge in [0, 0.05) is 37.3 Å². The summed E-state index contributed by atoms with van der Waals surface area (Å²) in [7, 11) is -1.94. The zero-order valence-corrected chi connectivity index (χ0v) is 17.2. The third-order valence-corrected chi connectivity index (χ3v) is 6.27. The molecule has 1 aliphatic rings. The van der Waals surface area contributed by atoms with Gasteiger partial charge in [-0.05, 0) is 54.8 Å². The van der Waals surface area contributed by atoms with Crippen molar-refractivity contribution in [3.63, 3.8) is 0 Å². The topological polar surface area (TPSA) is 75.7 Å². The molecule has 8 heteroatoms. The van der Waals surface area contributed by atoms with Crippen LogP contribution in [-0.4, -0.2) is 45.5 Å². The first-order valence-electron chi connectivity index (χ1n) is 9.06. The minimum atomic E-state index is -3.63. The summed E-state index contributed by atoms with van der Waals surface area (Å²) < 4.78 is 32.8. The molecule has 1 N–H and O–H groups in total. The number of nitrogens with zero attached hydrogens (tertiary/aromatic N) is 1. The molecule has 1 atom stereocenters. The van der Waals surface area contributed by atoms with E-state index in [0.717, 1.165) is 18.4 Å². The number of nitrogens with one attached hydrogen (secondary N) is 1. The van der Waals surface area contributed by atoms with Crippen molar-refractivity contribution in [3.05, 3.63) is 64.7 Å². The molecule has 1 amide bonds. The number of carbonyl (C=O) groups excluding carboxylic acids is 1. The standard InChI is InChI=1S/C20H23ClN2O4S/c1-23(14-15-4-2-5-17(21)12-15)20(24)16-7-9-19(10-8-16)28(25,26)22-13-18-6-3-11-27-18/h2,4-5,7-10,12,18,22H,3,6,11,13-14H2,1H3. The van der Waals surface area contributed by atoms with Crippen molar-refractivity contribution in [1.82, 2.24) is 9.62 Å². The zero-order chi connectivity index (χ0) is 20.1. The molecule has 28 heavy (non-hydrogen) atoms. The van der Waals surface area contributed by atoms with Crippen LogP contribution in [0.5, 0.6) is 0 Å². The van der Waals surface area contributed by atoms with Gasteiger partial charge in [-0.25, -0.2) is 13.1 Å². The van der Waals surface area contributed by atoms with E-state index in [0.29, 0.717) is 23.7 Å². The molecule has 2 aromatic rings. The van der Waals surface area contributed by atoms with Crippen LogP contribution in [0.15, 0.2) is 53.4 Å². The van der Waals surface area contributed by atoms with Crippen molar-refractivity contribution in [2.45, 2.75) is 30.4 Å². The van der Waals surface area contributed by atoms with Gasteiger partial charge in [0.25, 0.3) is 5.91 Å². The Bertz CT molecular complexity index is 925. The number of amides is 1. The lowest BCUT2D eigenvalue weighted by Gasteiger charge is -2.18. The third-order valence-electron chi connectivity index (χ3n) is 4.59. The van der Waals surface area contributed by atoms with E-state index < -0.39 is 10.0 Å². The Kier molecular flexibility index (Phi) is 6.72. The predicted octanol–water partition coefficient (Wildman–Crippen LogP) is 3.07. The lowest BCUT2D eigenvalue weighted by Crippen LogP contribution is -2.32. The summed E-state index contributed by atoms with van der Waals surface area (Å²) in [5.74, 6) is -0.198. The van der Waals surface area contributed by atoms with Crippen LogP contribution >= 0.6 is 11.6 Å². The molecule has 1 fully saturated rings. The zero-order valence-electron chi connectivity index (χ0n) is 15.6. The molecule has 0 radical (unpaired) electrons. The lowest BCUT2D eigenvalue weighted by molar-refractivity contribution is 0.0785.